The lowest BCUT2D eigenvalue weighted by atomic mass is 10.4. The highest BCUT2D eigenvalue weighted by Gasteiger charge is 2.10. The third-order valence-electron chi connectivity index (χ3n) is 1.42. The maximum Gasteiger partial charge on any atom is 0.332 e. The molecule has 0 saturated carbocycles. The zero-order valence-electron chi connectivity index (χ0n) is 7.87. The van der Waals surface area contributed by atoms with Crippen LogP contribution in [0.15, 0.2) is 0 Å². The van der Waals surface area contributed by atoms with Gasteiger partial charge in [0.05, 0.1) is 6.61 Å². The average molecular weight is 189 g/mol. The third-order valence-corrected chi connectivity index (χ3v) is 1.42. The highest BCUT2D eigenvalue weighted by atomic mass is 16.5. The van der Waals surface area contributed by atoms with Gasteiger partial charge >= 0.3 is 5.97 Å². The molecule has 0 saturated heterocycles. The Kier molecular flexibility index (Phi) is 5.88. The van der Waals surface area contributed by atoms with E-state index in [-0.39, 0.29) is 18.9 Å². The second-order valence-electron chi connectivity index (χ2n) is 2.55. The van der Waals surface area contributed by atoms with Crippen LogP contribution in [0.2, 0.25) is 0 Å². The number of carbonyl (C=O) groups excluding carboxylic acids is 1. The number of amides is 1. The number of aliphatic carboxylic acids is 1. The minimum absolute atomic E-state index is 0.125. The molecule has 76 valence electrons. The summed E-state index contributed by atoms with van der Waals surface area (Å²) < 4.78 is 4.86. The first-order valence-electron chi connectivity index (χ1n) is 4.19. The first-order valence-corrected chi connectivity index (χ1v) is 4.19. The Bertz CT molecular complexity index is 181. The Balaban J connectivity index is 3.44. The lowest BCUT2D eigenvalue weighted by Gasteiger charge is -2.07. The molecule has 2 N–H and O–H groups in total. The lowest BCUT2D eigenvalue weighted by Crippen LogP contribution is -2.26. The molecule has 0 aromatic heterocycles. The Morgan fingerprint density at radius 1 is 1.54 bits per heavy atom. The van der Waals surface area contributed by atoms with Crippen LogP contribution < -0.4 is 5.32 Å². The van der Waals surface area contributed by atoms with Crippen molar-refractivity contribution in [1.82, 2.24) is 5.32 Å². The summed E-state index contributed by atoms with van der Waals surface area (Å²) in [7, 11) is 0. The van der Waals surface area contributed by atoms with Gasteiger partial charge in [0.1, 0.15) is 0 Å². The fourth-order valence-electron chi connectivity index (χ4n) is 0.685. The molecular formula is C8H15NO4. The average Bonchev–Trinajstić information content (AvgIpc) is 2.04. The summed E-state index contributed by atoms with van der Waals surface area (Å²) in [5.41, 5.74) is 0. The van der Waals surface area contributed by atoms with Crippen molar-refractivity contribution in [2.45, 2.75) is 26.4 Å². The molecule has 13 heavy (non-hydrogen) atoms. The van der Waals surface area contributed by atoms with E-state index in [1.165, 1.54) is 6.92 Å². The van der Waals surface area contributed by atoms with Crippen molar-refractivity contribution in [3.05, 3.63) is 0 Å². The molecule has 0 radical (unpaired) electrons. The summed E-state index contributed by atoms with van der Waals surface area (Å²) in [5, 5.41) is 11.0. The fraction of sp³-hybridized carbons (Fsp3) is 0.750. The summed E-state index contributed by atoms with van der Waals surface area (Å²) >= 11 is 0. The topological polar surface area (TPSA) is 75.6 Å². The zero-order chi connectivity index (χ0) is 10.3. The van der Waals surface area contributed by atoms with E-state index < -0.39 is 12.1 Å². The van der Waals surface area contributed by atoms with Gasteiger partial charge in [-0.05, 0) is 13.8 Å². The van der Waals surface area contributed by atoms with E-state index in [1.54, 1.807) is 0 Å². The first-order chi connectivity index (χ1) is 6.07. The zero-order valence-corrected chi connectivity index (χ0v) is 7.87. The summed E-state index contributed by atoms with van der Waals surface area (Å²) in [6.07, 6.45) is -0.653. The molecule has 0 aliphatic carbocycles. The largest absolute Gasteiger partial charge is 0.479 e. The van der Waals surface area contributed by atoms with Crippen molar-refractivity contribution in [2.24, 2.45) is 0 Å². The van der Waals surface area contributed by atoms with E-state index in [0.29, 0.717) is 6.54 Å². The predicted octanol–water partition coefficient (Wildman–Crippen LogP) is 0.00230. The van der Waals surface area contributed by atoms with Gasteiger partial charge in [0.15, 0.2) is 6.10 Å². The predicted molar refractivity (Wildman–Crippen MR) is 46.4 cm³/mol. The van der Waals surface area contributed by atoms with Crippen molar-refractivity contribution in [1.29, 1.82) is 0 Å². The van der Waals surface area contributed by atoms with Gasteiger partial charge in [-0.3, -0.25) is 4.79 Å². The highest BCUT2D eigenvalue weighted by molar-refractivity contribution is 5.76. The van der Waals surface area contributed by atoms with Crippen LogP contribution in [0.25, 0.3) is 0 Å². The summed E-state index contributed by atoms with van der Waals surface area (Å²) in [4.78, 5) is 21.1. The maximum absolute atomic E-state index is 10.9. The second-order valence-corrected chi connectivity index (χ2v) is 2.55. The monoisotopic (exact) mass is 189 g/mol. The van der Waals surface area contributed by atoms with Crippen LogP contribution in [-0.4, -0.2) is 36.2 Å². The summed E-state index contributed by atoms with van der Waals surface area (Å²) in [6, 6.07) is 0. The summed E-state index contributed by atoms with van der Waals surface area (Å²) in [6.45, 7) is 3.96. The number of carboxylic acids is 1. The van der Waals surface area contributed by atoms with E-state index in [1.807, 2.05) is 6.92 Å². The van der Waals surface area contributed by atoms with Crippen molar-refractivity contribution >= 4 is 11.9 Å². The minimum Gasteiger partial charge on any atom is -0.479 e. The van der Waals surface area contributed by atoms with Crippen LogP contribution in [-0.2, 0) is 14.3 Å². The number of carbonyl (C=O) groups is 2. The van der Waals surface area contributed by atoms with Gasteiger partial charge in [0.2, 0.25) is 5.91 Å². The molecule has 0 rings (SSSR count). The molecule has 0 aliphatic heterocycles. The summed E-state index contributed by atoms with van der Waals surface area (Å²) in [5.74, 6) is -1.14. The smallest absolute Gasteiger partial charge is 0.332 e. The number of nitrogens with one attached hydrogen (secondary N) is 1. The number of ether oxygens (including phenoxy) is 1. The van der Waals surface area contributed by atoms with Crippen LogP contribution in [0.5, 0.6) is 0 Å². The van der Waals surface area contributed by atoms with Gasteiger partial charge in [-0.1, -0.05) is 0 Å². The standard InChI is InChI=1S/C8H15NO4/c1-3-9-7(10)4-5-13-6(2)8(11)12/h6H,3-5H2,1-2H3,(H,9,10)(H,11,12). The third kappa shape index (κ3) is 6.10. The molecule has 1 atom stereocenters. The Labute approximate surface area is 77.1 Å². The van der Waals surface area contributed by atoms with E-state index >= 15 is 0 Å². The highest BCUT2D eigenvalue weighted by Crippen LogP contribution is 1.92. The number of rotatable bonds is 6. The van der Waals surface area contributed by atoms with E-state index in [4.69, 9.17) is 9.84 Å². The molecule has 0 heterocycles. The SMILES string of the molecule is CCNC(=O)CCOC(C)C(=O)O. The van der Waals surface area contributed by atoms with Gasteiger partial charge in [-0.15, -0.1) is 0 Å². The number of hydrogen-bond donors (Lipinski definition) is 2. The molecule has 0 aromatic carbocycles. The normalized spacial score (nSPS) is 12.2. The number of carboxylic acid groups (broad SMARTS) is 1. The molecular weight excluding hydrogens is 174 g/mol. The molecule has 1 amide bonds. The molecule has 5 heteroatoms. The van der Waals surface area contributed by atoms with E-state index in [2.05, 4.69) is 5.32 Å². The van der Waals surface area contributed by atoms with Crippen LogP contribution in [0.1, 0.15) is 20.3 Å². The van der Waals surface area contributed by atoms with Crippen LogP contribution in [0, 0.1) is 0 Å². The molecule has 0 aliphatic rings. The number of hydrogen-bond acceptors (Lipinski definition) is 3. The van der Waals surface area contributed by atoms with Crippen LogP contribution in [0.3, 0.4) is 0 Å². The van der Waals surface area contributed by atoms with Crippen molar-refractivity contribution in [3.63, 3.8) is 0 Å². The molecule has 0 spiro atoms. The van der Waals surface area contributed by atoms with Crippen LogP contribution in [0.4, 0.5) is 0 Å². The first kappa shape index (κ1) is 11.9. The Morgan fingerprint density at radius 3 is 2.62 bits per heavy atom. The molecule has 0 aromatic rings. The fourth-order valence-corrected chi connectivity index (χ4v) is 0.685. The maximum atomic E-state index is 10.9. The van der Waals surface area contributed by atoms with Crippen molar-refractivity contribution < 1.29 is 19.4 Å². The lowest BCUT2D eigenvalue weighted by molar-refractivity contribution is -0.149. The second kappa shape index (κ2) is 6.42. The van der Waals surface area contributed by atoms with Crippen molar-refractivity contribution in [3.8, 4) is 0 Å². The Hall–Kier alpha value is -1.10. The molecule has 0 bridgehead atoms. The van der Waals surface area contributed by atoms with Gasteiger partial charge < -0.3 is 15.2 Å². The van der Waals surface area contributed by atoms with Crippen molar-refractivity contribution in [2.75, 3.05) is 13.2 Å². The van der Waals surface area contributed by atoms with Gasteiger partial charge in [-0.2, -0.15) is 0 Å². The Morgan fingerprint density at radius 2 is 2.15 bits per heavy atom. The molecule has 1 unspecified atom stereocenters. The minimum atomic E-state index is -1.02. The molecule has 5 nitrogen and oxygen atoms in total. The van der Waals surface area contributed by atoms with Gasteiger partial charge in [0.25, 0.3) is 0 Å². The van der Waals surface area contributed by atoms with Gasteiger partial charge in [-0.25, -0.2) is 4.79 Å². The molecule has 0 fully saturated rings. The van der Waals surface area contributed by atoms with E-state index in [0.717, 1.165) is 0 Å². The van der Waals surface area contributed by atoms with Crippen LogP contribution >= 0.6 is 0 Å². The van der Waals surface area contributed by atoms with Gasteiger partial charge in [0, 0.05) is 13.0 Å². The van der Waals surface area contributed by atoms with E-state index in [9.17, 15) is 9.59 Å². The quantitative estimate of drug-likeness (QED) is 0.616.